The Morgan fingerprint density at radius 1 is 1.17 bits per heavy atom. The van der Waals surface area contributed by atoms with E-state index in [0.29, 0.717) is 32.1 Å². The van der Waals surface area contributed by atoms with Crippen LogP contribution in [0.1, 0.15) is 39.0 Å². The number of hydrogen-bond acceptors (Lipinski definition) is 6. The van der Waals surface area contributed by atoms with Gasteiger partial charge in [-0.05, 0) is 44.0 Å². The van der Waals surface area contributed by atoms with Crippen LogP contribution in [0.3, 0.4) is 0 Å². The average molecular weight is 440 g/mol. The highest BCUT2D eigenvalue weighted by atomic mass is 32.2. The van der Waals surface area contributed by atoms with Crippen molar-refractivity contribution in [2.75, 3.05) is 39.4 Å². The normalized spacial score (nSPS) is 19.9. The minimum Gasteiger partial charge on any atom is -0.481 e. The van der Waals surface area contributed by atoms with Gasteiger partial charge in [0.25, 0.3) is 5.91 Å². The van der Waals surface area contributed by atoms with E-state index in [1.807, 2.05) is 0 Å². The number of nitrogens with one attached hydrogen (secondary N) is 2. The number of amides is 1. The van der Waals surface area contributed by atoms with Gasteiger partial charge >= 0.3 is 0 Å². The van der Waals surface area contributed by atoms with E-state index in [4.69, 9.17) is 9.47 Å². The molecule has 3 rings (SSSR count). The molecule has 9 heteroatoms. The summed E-state index contributed by atoms with van der Waals surface area (Å²) in [5.74, 6) is 0.330. The third kappa shape index (κ3) is 6.94. The summed E-state index contributed by atoms with van der Waals surface area (Å²) < 4.78 is 38.6. The molecule has 1 aliphatic carbocycles. The average Bonchev–Trinajstić information content (AvgIpc) is 2.75. The Kier molecular flexibility index (Phi) is 8.50. The lowest BCUT2D eigenvalue weighted by molar-refractivity contribution is -0.128. The lowest BCUT2D eigenvalue weighted by Gasteiger charge is -2.26. The summed E-state index contributed by atoms with van der Waals surface area (Å²) in [7, 11) is -3.58. The molecule has 168 valence electrons. The maximum absolute atomic E-state index is 12.5. The number of morpholine rings is 1. The number of carbonyl (C=O) groups is 1. The lowest BCUT2D eigenvalue weighted by Crippen LogP contribution is -2.43. The molecule has 0 bridgehead atoms. The molecule has 1 atom stereocenters. The minimum atomic E-state index is -3.58. The fourth-order valence-corrected chi connectivity index (χ4v) is 4.79. The van der Waals surface area contributed by atoms with Crippen molar-refractivity contribution >= 4 is 15.9 Å². The zero-order chi connectivity index (χ0) is 21.4. The monoisotopic (exact) mass is 439 g/mol. The maximum atomic E-state index is 12.5. The molecule has 1 aromatic rings. The summed E-state index contributed by atoms with van der Waals surface area (Å²) in [6.07, 6.45) is 4.93. The van der Waals surface area contributed by atoms with Crippen molar-refractivity contribution in [2.24, 2.45) is 0 Å². The topological polar surface area (TPSA) is 97.0 Å². The largest absolute Gasteiger partial charge is 0.481 e. The van der Waals surface area contributed by atoms with E-state index in [0.717, 1.165) is 38.8 Å². The molecule has 1 heterocycles. The number of carbonyl (C=O) groups excluding carboxylic acids is 1. The fourth-order valence-electron chi connectivity index (χ4n) is 3.77. The van der Waals surface area contributed by atoms with Crippen LogP contribution in [0.4, 0.5) is 0 Å². The van der Waals surface area contributed by atoms with E-state index in [1.165, 1.54) is 18.6 Å². The molecule has 1 amide bonds. The molecular weight excluding hydrogens is 406 g/mol. The Balaban J connectivity index is 1.46. The highest BCUT2D eigenvalue weighted by Crippen LogP contribution is 2.19. The van der Waals surface area contributed by atoms with Crippen molar-refractivity contribution in [3.63, 3.8) is 0 Å². The quantitative estimate of drug-likeness (QED) is 0.606. The predicted octanol–water partition coefficient (Wildman–Crippen LogP) is 1.51. The van der Waals surface area contributed by atoms with Crippen LogP contribution in [-0.2, 0) is 19.6 Å². The zero-order valence-electron chi connectivity index (χ0n) is 17.6. The molecule has 1 saturated heterocycles. The summed E-state index contributed by atoms with van der Waals surface area (Å²) in [6, 6.07) is 6.39. The Morgan fingerprint density at radius 3 is 2.50 bits per heavy atom. The first-order valence-corrected chi connectivity index (χ1v) is 12.3. The molecule has 2 aliphatic rings. The molecule has 0 aromatic heterocycles. The predicted molar refractivity (Wildman–Crippen MR) is 114 cm³/mol. The molecule has 1 saturated carbocycles. The second-order valence-electron chi connectivity index (χ2n) is 7.93. The van der Waals surface area contributed by atoms with Crippen LogP contribution in [0.5, 0.6) is 5.75 Å². The number of rotatable bonds is 9. The second kappa shape index (κ2) is 11.1. The van der Waals surface area contributed by atoms with Gasteiger partial charge in [-0.2, -0.15) is 0 Å². The summed E-state index contributed by atoms with van der Waals surface area (Å²) in [6.45, 7) is 5.71. The van der Waals surface area contributed by atoms with Crippen molar-refractivity contribution in [2.45, 2.75) is 56.1 Å². The summed E-state index contributed by atoms with van der Waals surface area (Å²) in [5, 5.41) is 3.04. The Bertz CT molecular complexity index is 772. The lowest BCUT2D eigenvalue weighted by atomic mass is 9.95. The van der Waals surface area contributed by atoms with Crippen molar-refractivity contribution < 1.29 is 22.7 Å². The van der Waals surface area contributed by atoms with Crippen molar-refractivity contribution in [3.05, 3.63) is 24.3 Å². The van der Waals surface area contributed by atoms with Crippen LogP contribution in [0.25, 0.3) is 0 Å². The first kappa shape index (κ1) is 23.0. The van der Waals surface area contributed by atoms with Crippen LogP contribution in [0.15, 0.2) is 29.2 Å². The smallest absolute Gasteiger partial charge is 0.260 e. The fraction of sp³-hybridized carbons (Fsp3) is 0.667. The van der Waals surface area contributed by atoms with Crippen molar-refractivity contribution in [1.82, 2.24) is 14.9 Å². The molecular formula is C21H33N3O5S. The van der Waals surface area contributed by atoms with Crippen LogP contribution < -0.4 is 14.8 Å². The van der Waals surface area contributed by atoms with E-state index in [1.54, 1.807) is 19.1 Å². The van der Waals surface area contributed by atoms with E-state index >= 15 is 0 Å². The van der Waals surface area contributed by atoms with Gasteiger partial charge in [0.1, 0.15) is 5.75 Å². The van der Waals surface area contributed by atoms with Gasteiger partial charge in [-0.1, -0.05) is 19.3 Å². The molecule has 0 radical (unpaired) electrons. The van der Waals surface area contributed by atoms with Gasteiger partial charge in [0.15, 0.2) is 6.10 Å². The number of sulfonamides is 1. The number of ether oxygens (including phenoxy) is 2. The molecule has 2 N–H and O–H groups in total. The van der Waals surface area contributed by atoms with Crippen molar-refractivity contribution in [1.29, 1.82) is 0 Å². The third-order valence-corrected chi connectivity index (χ3v) is 7.07. The highest BCUT2D eigenvalue weighted by molar-refractivity contribution is 7.89. The van der Waals surface area contributed by atoms with Crippen LogP contribution in [0, 0.1) is 0 Å². The first-order valence-electron chi connectivity index (χ1n) is 10.8. The minimum absolute atomic E-state index is 0.136. The van der Waals surface area contributed by atoms with Gasteiger partial charge in [0.2, 0.25) is 10.0 Å². The standard InChI is InChI=1S/C21H33N3O5S/c1-17(21(25)23-18-5-3-2-4-6-18)29-19-7-9-20(10-8-19)30(26,27)22-11-12-24-13-15-28-16-14-24/h7-10,17-18,22H,2-6,11-16H2,1H3,(H,23,25)/t17-/m0/s1. The molecule has 0 unspecified atom stereocenters. The van der Waals surface area contributed by atoms with Gasteiger partial charge < -0.3 is 14.8 Å². The third-order valence-electron chi connectivity index (χ3n) is 5.59. The van der Waals surface area contributed by atoms with E-state index in [2.05, 4.69) is 14.9 Å². The van der Waals surface area contributed by atoms with Crippen LogP contribution in [-0.4, -0.2) is 70.8 Å². The van der Waals surface area contributed by atoms with E-state index < -0.39 is 16.1 Å². The number of benzene rings is 1. The molecule has 8 nitrogen and oxygen atoms in total. The van der Waals surface area contributed by atoms with Gasteiger partial charge in [0.05, 0.1) is 18.1 Å². The Morgan fingerprint density at radius 2 is 1.83 bits per heavy atom. The Hall–Kier alpha value is -1.68. The number of hydrogen-bond donors (Lipinski definition) is 2. The molecule has 1 aliphatic heterocycles. The van der Waals surface area contributed by atoms with E-state index in [-0.39, 0.29) is 16.8 Å². The maximum Gasteiger partial charge on any atom is 0.260 e. The molecule has 1 aromatic carbocycles. The summed E-state index contributed by atoms with van der Waals surface area (Å²) in [5.41, 5.74) is 0. The number of nitrogens with zero attached hydrogens (tertiary/aromatic N) is 1. The van der Waals surface area contributed by atoms with Gasteiger partial charge in [-0.25, -0.2) is 13.1 Å². The van der Waals surface area contributed by atoms with Gasteiger partial charge in [0, 0.05) is 32.2 Å². The van der Waals surface area contributed by atoms with Gasteiger partial charge in [-0.15, -0.1) is 0 Å². The summed E-state index contributed by atoms with van der Waals surface area (Å²) in [4.78, 5) is 14.7. The zero-order valence-corrected chi connectivity index (χ0v) is 18.5. The second-order valence-corrected chi connectivity index (χ2v) is 9.69. The van der Waals surface area contributed by atoms with Crippen LogP contribution >= 0.6 is 0 Å². The SMILES string of the molecule is C[C@H](Oc1ccc(S(=O)(=O)NCCN2CCOCC2)cc1)C(=O)NC1CCCCC1. The highest BCUT2D eigenvalue weighted by Gasteiger charge is 2.21. The Labute approximate surface area is 179 Å². The van der Waals surface area contributed by atoms with Gasteiger partial charge in [-0.3, -0.25) is 9.69 Å². The molecule has 30 heavy (non-hydrogen) atoms. The molecule has 0 spiro atoms. The van der Waals surface area contributed by atoms with E-state index in [9.17, 15) is 13.2 Å². The van der Waals surface area contributed by atoms with Crippen LogP contribution in [0.2, 0.25) is 0 Å². The molecule has 2 fully saturated rings. The van der Waals surface area contributed by atoms with Crippen molar-refractivity contribution in [3.8, 4) is 5.75 Å². The first-order chi connectivity index (χ1) is 14.4. The summed E-state index contributed by atoms with van der Waals surface area (Å²) >= 11 is 0.